The van der Waals surface area contributed by atoms with Crippen molar-refractivity contribution in [2.45, 2.75) is 25.8 Å². The van der Waals surface area contributed by atoms with Crippen LogP contribution in [-0.2, 0) is 22.4 Å². The van der Waals surface area contributed by atoms with Crippen LogP contribution in [-0.4, -0.2) is 30.3 Å². The van der Waals surface area contributed by atoms with E-state index < -0.39 is 0 Å². The van der Waals surface area contributed by atoms with Gasteiger partial charge in [0.15, 0.2) is 0 Å². The fourth-order valence-electron chi connectivity index (χ4n) is 3.62. The largest absolute Gasteiger partial charge is 0.379 e. The van der Waals surface area contributed by atoms with E-state index in [-0.39, 0.29) is 17.9 Å². The summed E-state index contributed by atoms with van der Waals surface area (Å²) in [6.07, 6.45) is 1.08. The zero-order chi connectivity index (χ0) is 19.3. The van der Waals surface area contributed by atoms with Crippen LogP contribution < -0.4 is 5.32 Å². The molecule has 3 aromatic rings. The summed E-state index contributed by atoms with van der Waals surface area (Å²) in [5, 5.41) is 7.05. The minimum atomic E-state index is 0.00139. The molecule has 0 radical (unpaired) electrons. The molecule has 1 amide bonds. The van der Waals surface area contributed by atoms with E-state index in [0.717, 1.165) is 29.0 Å². The second-order valence-corrected chi connectivity index (χ2v) is 7.35. The highest BCUT2D eigenvalue weighted by Crippen LogP contribution is 2.21. The number of hydrogen-bond acceptors (Lipinski definition) is 4. The number of ether oxygens (including phenoxy) is 1. The first-order chi connectivity index (χ1) is 13.7. The summed E-state index contributed by atoms with van der Waals surface area (Å²) in [4.78, 5) is 12.5. The Morgan fingerprint density at radius 1 is 1.07 bits per heavy atom. The Kier molecular flexibility index (Phi) is 5.53. The van der Waals surface area contributed by atoms with E-state index in [1.165, 1.54) is 5.56 Å². The zero-order valence-corrected chi connectivity index (χ0v) is 15.9. The maximum absolute atomic E-state index is 12.5. The quantitative estimate of drug-likeness (QED) is 0.714. The number of carbonyl (C=O) groups is 1. The average Bonchev–Trinajstić information content (AvgIpc) is 3.32. The van der Waals surface area contributed by atoms with E-state index >= 15 is 0 Å². The number of nitrogens with zero attached hydrogens (tertiary/aromatic N) is 1. The van der Waals surface area contributed by atoms with Crippen molar-refractivity contribution in [3.05, 3.63) is 77.7 Å². The van der Waals surface area contributed by atoms with Gasteiger partial charge in [0.1, 0.15) is 5.76 Å². The Bertz CT molecular complexity index is 919. The van der Waals surface area contributed by atoms with Crippen molar-refractivity contribution in [3.8, 4) is 11.1 Å². The second-order valence-electron chi connectivity index (χ2n) is 7.35. The summed E-state index contributed by atoms with van der Waals surface area (Å²) in [6.45, 7) is 3.06. The smallest absolute Gasteiger partial charge is 0.224 e. The van der Waals surface area contributed by atoms with Gasteiger partial charge in [-0.2, -0.15) is 0 Å². The molecule has 1 aliphatic heterocycles. The maximum Gasteiger partial charge on any atom is 0.224 e. The van der Waals surface area contributed by atoms with Gasteiger partial charge in [0.25, 0.3) is 0 Å². The first-order valence-corrected chi connectivity index (χ1v) is 9.61. The number of aryl methyl sites for hydroxylation is 1. The number of benzene rings is 2. The fraction of sp³-hybridized carbons (Fsp3) is 0.304. The summed E-state index contributed by atoms with van der Waals surface area (Å²) in [6, 6.07) is 20.3. The highest BCUT2D eigenvalue weighted by molar-refractivity contribution is 5.79. The molecular formula is C23H24N2O3. The van der Waals surface area contributed by atoms with Crippen LogP contribution in [0.1, 0.15) is 17.0 Å². The van der Waals surface area contributed by atoms with Crippen molar-refractivity contribution >= 4 is 5.91 Å². The van der Waals surface area contributed by atoms with Gasteiger partial charge < -0.3 is 14.6 Å². The van der Waals surface area contributed by atoms with Crippen LogP contribution in [0.4, 0.5) is 0 Å². The average molecular weight is 376 g/mol. The Morgan fingerprint density at radius 3 is 2.54 bits per heavy atom. The van der Waals surface area contributed by atoms with Gasteiger partial charge >= 0.3 is 0 Å². The Labute approximate surface area is 164 Å². The fourth-order valence-corrected chi connectivity index (χ4v) is 3.62. The molecule has 4 rings (SSSR count). The number of amides is 1. The van der Waals surface area contributed by atoms with Crippen molar-refractivity contribution in [2.75, 3.05) is 13.2 Å². The van der Waals surface area contributed by atoms with E-state index in [9.17, 15) is 4.79 Å². The van der Waals surface area contributed by atoms with Crippen molar-refractivity contribution in [3.63, 3.8) is 0 Å². The van der Waals surface area contributed by atoms with Gasteiger partial charge in [-0.05, 0) is 23.6 Å². The van der Waals surface area contributed by atoms with Crippen molar-refractivity contribution in [2.24, 2.45) is 5.92 Å². The molecule has 144 valence electrons. The van der Waals surface area contributed by atoms with Crippen LogP contribution in [0.3, 0.4) is 0 Å². The Hall–Kier alpha value is -2.92. The number of nitrogens with one attached hydrogen (secondary N) is 1. The minimum Gasteiger partial charge on any atom is -0.379 e. The van der Waals surface area contributed by atoms with Crippen molar-refractivity contribution in [1.29, 1.82) is 0 Å². The molecule has 1 aliphatic rings. The lowest BCUT2D eigenvalue weighted by Gasteiger charge is -2.18. The van der Waals surface area contributed by atoms with E-state index in [0.29, 0.717) is 19.6 Å². The first-order valence-electron chi connectivity index (χ1n) is 9.61. The zero-order valence-electron chi connectivity index (χ0n) is 15.9. The van der Waals surface area contributed by atoms with E-state index in [2.05, 4.69) is 34.7 Å². The van der Waals surface area contributed by atoms with Crippen LogP contribution >= 0.6 is 0 Å². The van der Waals surface area contributed by atoms with Gasteiger partial charge in [-0.25, -0.2) is 0 Å². The Balaban J connectivity index is 1.33. The summed E-state index contributed by atoms with van der Waals surface area (Å²) in [5.74, 6) is 1.06. The van der Waals surface area contributed by atoms with Crippen LogP contribution in [0, 0.1) is 12.8 Å². The van der Waals surface area contributed by atoms with Crippen LogP contribution in [0.2, 0.25) is 0 Å². The molecule has 1 aromatic heterocycles. The van der Waals surface area contributed by atoms with Crippen molar-refractivity contribution < 1.29 is 14.1 Å². The SMILES string of the molecule is Cc1cc(C[C@@H]2COC[C@@H]2NC(=O)Cc2ccc(-c3ccccc3)cc2)on1. The van der Waals surface area contributed by atoms with Gasteiger partial charge in [-0.15, -0.1) is 0 Å². The lowest BCUT2D eigenvalue weighted by molar-refractivity contribution is -0.121. The highest BCUT2D eigenvalue weighted by Gasteiger charge is 2.30. The molecular weight excluding hydrogens is 352 g/mol. The highest BCUT2D eigenvalue weighted by atomic mass is 16.5. The standard InChI is InChI=1S/C23H24N2O3/c1-16-11-21(28-25-16)13-20-14-27-15-22(20)24-23(26)12-17-7-9-19(10-8-17)18-5-3-2-4-6-18/h2-11,20,22H,12-15H2,1H3,(H,24,26)/t20-,22+/m1/s1. The normalized spacial score (nSPS) is 18.9. The lowest BCUT2D eigenvalue weighted by atomic mass is 9.97. The summed E-state index contributed by atoms with van der Waals surface area (Å²) in [7, 11) is 0. The third-order valence-electron chi connectivity index (χ3n) is 5.11. The van der Waals surface area contributed by atoms with E-state index in [4.69, 9.17) is 9.26 Å². The predicted octanol–water partition coefficient (Wildman–Crippen LogP) is 3.57. The second kappa shape index (κ2) is 8.40. The molecule has 0 bridgehead atoms. The van der Waals surface area contributed by atoms with Gasteiger partial charge in [-0.3, -0.25) is 4.79 Å². The topological polar surface area (TPSA) is 64.4 Å². The van der Waals surface area contributed by atoms with E-state index in [1.807, 2.05) is 43.3 Å². The molecule has 2 heterocycles. The van der Waals surface area contributed by atoms with Gasteiger partial charge in [0.05, 0.1) is 31.4 Å². The number of aromatic nitrogens is 1. The molecule has 28 heavy (non-hydrogen) atoms. The molecule has 0 saturated carbocycles. The van der Waals surface area contributed by atoms with Gasteiger partial charge in [0, 0.05) is 18.4 Å². The summed E-state index contributed by atoms with van der Waals surface area (Å²) >= 11 is 0. The number of carbonyl (C=O) groups excluding carboxylic acids is 1. The van der Waals surface area contributed by atoms with E-state index in [1.54, 1.807) is 0 Å². The van der Waals surface area contributed by atoms with Crippen LogP contribution in [0.25, 0.3) is 11.1 Å². The molecule has 0 aliphatic carbocycles. The molecule has 2 aromatic carbocycles. The van der Waals surface area contributed by atoms with Crippen LogP contribution in [0.5, 0.6) is 0 Å². The predicted molar refractivity (Wildman–Crippen MR) is 107 cm³/mol. The molecule has 0 spiro atoms. The number of rotatable bonds is 6. The maximum atomic E-state index is 12.5. The molecule has 1 saturated heterocycles. The monoisotopic (exact) mass is 376 g/mol. The minimum absolute atomic E-state index is 0.00139. The summed E-state index contributed by atoms with van der Waals surface area (Å²) in [5.41, 5.74) is 4.19. The van der Waals surface area contributed by atoms with Crippen LogP contribution in [0.15, 0.2) is 65.2 Å². The summed E-state index contributed by atoms with van der Waals surface area (Å²) < 4.78 is 10.9. The molecule has 5 heteroatoms. The molecule has 1 N–H and O–H groups in total. The first kappa shape index (κ1) is 18.4. The Morgan fingerprint density at radius 2 is 1.82 bits per heavy atom. The molecule has 5 nitrogen and oxygen atoms in total. The molecule has 1 fully saturated rings. The lowest BCUT2D eigenvalue weighted by Crippen LogP contribution is -2.41. The van der Waals surface area contributed by atoms with Gasteiger partial charge in [-0.1, -0.05) is 59.8 Å². The van der Waals surface area contributed by atoms with Gasteiger partial charge in [0.2, 0.25) is 5.91 Å². The van der Waals surface area contributed by atoms with Crippen molar-refractivity contribution in [1.82, 2.24) is 10.5 Å². The molecule has 0 unspecified atom stereocenters. The third-order valence-corrected chi connectivity index (χ3v) is 5.11. The molecule has 2 atom stereocenters. The number of hydrogen-bond donors (Lipinski definition) is 1. The third kappa shape index (κ3) is 4.49.